The summed E-state index contributed by atoms with van der Waals surface area (Å²) in [5, 5.41) is 3.61. The van der Waals surface area contributed by atoms with Crippen molar-refractivity contribution in [2.45, 2.75) is 13.8 Å². The predicted octanol–water partition coefficient (Wildman–Crippen LogP) is 5.36. The van der Waals surface area contributed by atoms with Gasteiger partial charge in [-0.1, -0.05) is 53.6 Å². The molecule has 0 radical (unpaired) electrons. The highest BCUT2D eigenvalue weighted by atomic mass is 35.5. The molecule has 0 saturated carbocycles. The Morgan fingerprint density at radius 2 is 1.61 bits per heavy atom. The molecular weight excluding hydrogens is 412 g/mol. The summed E-state index contributed by atoms with van der Waals surface area (Å²) in [5.41, 5.74) is 4.01. The molecule has 156 valence electrons. The van der Waals surface area contributed by atoms with E-state index in [1.165, 1.54) is 12.0 Å². The van der Waals surface area contributed by atoms with Gasteiger partial charge in [0.05, 0.1) is 18.4 Å². The average molecular weight is 433 g/mol. The van der Waals surface area contributed by atoms with Crippen LogP contribution in [0.3, 0.4) is 0 Å². The van der Waals surface area contributed by atoms with Gasteiger partial charge in [-0.15, -0.1) is 0 Å². The van der Waals surface area contributed by atoms with Crippen LogP contribution in [0.25, 0.3) is 5.57 Å². The molecule has 3 aromatic rings. The van der Waals surface area contributed by atoms with Gasteiger partial charge in [0, 0.05) is 16.3 Å². The first-order valence-electron chi connectivity index (χ1n) is 9.77. The van der Waals surface area contributed by atoms with Crippen LogP contribution in [0, 0.1) is 13.8 Å². The maximum absolute atomic E-state index is 13.6. The molecule has 3 aromatic carbocycles. The van der Waals surface area contributed by atoms with Crippen molar-refractivity contribution in [3.05, 3.63) is 94.1 Å². The molecular formula is C25H21ClN2O3. The van der Waals surface area contributed by atoms with Gasteiger partial charge in [0.1, 0.15) is 11.4 Å². The van der Waals surface area contributed by atoms with Crippen molar-refractivity contribution in [3.8, 4) is 5.75 Å². The zero-order valence-electron chi connectivity index (χ0n) is 17.4. The van der Waals surface area contributed by atoms with E-state index in [-0.39, 0.29) is 11.3 Å². The predicted molar refractivity (Wildman–Crippen MR) is 123 cm³/mol. The molecule has 1 N–H and O–H groups in total. The van der Waals surface area contributed by atoms with Crippen molar-refractivity contribution in [3.63, 3.8) is 0 Å². The van der Waals surface area contributed by atoms with Crippen LogP contribution in [0.1, 0.15) is 16.7 Å². The second kappa shape index (κ2) is 8.28. The number of para-hydroxylation sites is 1. The lowest BCUT2D eigenvalue weighted by molar-refractivity contribution is -0.120. The van der Waals surface area contributed by atoms with Gasteiger partial charge in [-0.3, -0.25) is 9.59 Å². The summed E-state index contributed by atoms with van der Waals surface area (Å²) in [5.74, 6) is -0.377. The fourth-order valence-electron chi connectivity index (χ4n) is 3.57. The van der Waals surface area contributed by atoms with Gasteiger partial charge < -0.3 is 10.1 Å². The lowest BCUT2D eigenvalue weighted by Crippen LogP contribution is -2.33. The maximum Gasteiger partial charge on any atom is 0.282 e. The SMILES string of the molecule is COc1ccccc1C1=C(Nc2ccc(C)cc2)C(=O)N(c2cc(Cl)ccc2C)C1=O. The molecule has 0 saturated heterocycles. The molecule has 0 atom stereocenters. The van der Waals surface area contributed by atoms with E-state index in [0.717, 1.165) is 11.1 Å². The molecule has 6 heteroatoms. The Morgan fingerprint density at radius 1 is 0.903 bits per heavy atom. The van der Waals surface area contributed by atoms with Crippen LogP contribution in [0.15, 0.2) is 72.4 Å². The molecule has 0 fully saturated rings. The number of amides is 2. The number of imide groups is 1. The Morgan fingerprint density at radius 3 is 2.32 bits per heavy atom. The number of benzene rings is 3. The van der Waals surface area contributed by atoms with E-state index in [1.54, 1.807) is 36.4 Å². The molecule has 1 aliphatic rings. The van der Waals surface area contributed by atoms with Crippen molar-refractivity contribution in [2.75, 3.05) is 17.3 Å². The number of anilines is 2. The van der Waals surface area contributed by atoms with E-state index < -0.39 is 11.8 Å². The molecule has 0 unspecified atom stereocenters. The smallest absolute Gasteiger partial charge is 0.282 e. The van der Waals surface area contributed by atoms with Crippen LogP contribution in [0.4, 0.5) is 11.4 Å². The minimum Gasteiger partial charge on any atom is -0.496 e. The minimum absolute atomic E-state index is 0.192. The highest BCUT2D eigenvalue weighted by Crippen LogP contribution is 2.38. The quantitative estimate of drug-likeness (QED) is 0.551. The van der Waals surface area contributed by atoms with Gasteiger partial charge in [-0.05, 0) is 49.7 Å². The third kappa shape index (κ3) is 3.80. The normalized spacial score (nSPS) is 13.7. The van der Waals surface area contributed by atoms with E-state index in [9.17, 15) is 9.59 Å². The Bertz CT molecular complexity index is 1220. The Balaban J connectivity index is 1.88. The van der Waals surface area contributed by atoms with E-state index in [1.807, 2.05) is 44.2 Å². The van der Waals surface area contributed by atoms with Gasteiger partial charge in [-0.25, -0.2) is 4.90 Å². The van der Waals surface area contributed by atoms with Gasteiger partial charge in [-0.2, -0.15) is 0 Å². The number of nitrogens with zero attached hydrogens (tertiary/aromatic N) is 1. The molecule has 2 amide bonds. The summed E-state index contributed by atoms with van der Waals surface area (Å²) in [6, 6.07) is 19.9. The summed E-state index contributed by atoms with van der Waals surface area (Å²) in [6.45, 7) is 3.82. The van der Waals surface area contributed by atoms with Crippen LogP contribution in [-0.2, 0) is 9.59 Å². The van der Waals surface area contributed by atoms with Crippen molar-refractivity contribution < 1.29 is 14.3 Å². The third-order valence-electron chi connectivity index (χ3n) is 5.19. The average Bonchev–Trinajstić information content (AvgIpc) is 3.00. The molecule has 0 bridgehead atoms. The second-order valence-corrected chi connectivity index (χ2v) is 7.75. The number of carbonyl (C=O) groups excluding carboxylic acids is 2. The number of halogens is 1. The van der Waals surface area contributed by atoms with Gasteiger partial charge >= 0.3 is 0 Å². The summed E-state index contributed by atoms with van der Waals surface area (Å²) in [6.07, 6.45) is 0. The number of hydrogen-bond acceptors (Lipinski definition) is 4. The number of rotatable bonds is 5. The van der Waals surface area contributed by atoms with Gasteiger partial charge in [0.25, 0.3) is 11.8 Å². The molecule has 0 aromatic heterocycles. The van der Waals surface area contributed by atoms with Gasteiger partial charge in [0.2, 0.25) is 0 Å². The highest BCUT2D eigenvalue weighted by Gasteiger charge is 2.41. The summed E-state index contributed by atoms with van der Waals surface area (Å²) in [7, 11) is 1.53. The monoisotopic (exact) mass is 432 g/mol. The lowest BCUT2D eigenvalue weighted by Gasteiger charge is -2.18. The molecule has 5 nitrogen and oxygen atoms in total. The fraction of sp³-hybridized carbons (Fsp3) is 0.120. The van der Waals surface area contributed by atoms with E-state index in [2.05, 4.69) is 5.32 Å². The van der Waals surface area contributed by atoms with E-state index >= 15 is 0 Å². The van der Waals surface area contributed by atoms with Crippen LogP contribution < -0.4 is 15.0 Å². The second-order valence-electron chi connectivity index (χ2n) is 7.32. The first-order valence-corrected chi connectivity index (χ1v) is 10.1. The zero-order chi connectivity index (χ0) is 22.1. The largest absolute Gasteiger partial charge is 0.496 e. The van der Waals surface area contributed by atoms with Crippen LogP contribution in [0.2, 0.25) is 5.02 Å². The summed E-state index contributed by atoms with van der Waals surface area (Å²) < 4.78 is 5.47. The Hall–Kier alpha value is -3.57. The minimum atomic E-state index is -0.447. The number of nitrogens with one attached hydrogen (secondary N) is 1. The summed E-state index contributed by atoms with van der Waals surface area (Å²) >= 11 is 6.17. The Labute approximate surface area is 185 Å². The molecule has 31 heavy (non-hydrogen) atoms. The number of ether oxygens (including phenoxy) is 1. The first kappa shape index (κ1) is 20.7. The molecule has 4 rings (SSSR count). The number of aryl methyl sites for hydroxylation is 2. The number of hydrogen-bond donors (Lipinski definition) is 1. The van der Waals surface area contributed by atoms with Crippen molar-refractivity contribution in [1.29, 1.82) is 0 Å². The maximum atomic E-state index is 13.6. The Kier molecular flexibility index (Phi) is 5.53. The van der Waals surface area contributed by atoms with Gasteiger partial charge in [0.15, 0.2) is 0 Å². The van der Waals surface area contributed by atoms with Crippen molar-refractivity contribution in [1.82, 2.24) is 0 Å². The lowest BCUT2D eigenvalue weighted by atomic mass is 10.0. The molecule has 1 heterocycles. The van der Waals surface area contributed by atoms with Crippen LogP contribution in [0.5, 0.6) is 5.75 Å². The first-order chi connectivity index (χ1) is 14.9. The molecule has 0 aliphatic carbocycles. The van der Waals surface area contributed by atoms with Crippen LogP contribution >= 0.6 is 11.6 Å². The number of carbonyl (C=O) groups is 2. The zero-order valence-corrected chi connectivity index (χ0v) is 18.2. The number of methoxy groups -OCH3 is 1. The topological polar surface area (TPSA) is 58.6 Å². The van der Waals surface area contributed by atoms with Crippen molar-refractivity contribution in [2.24, 2.45) is 0 Å². The summed E-state index contributed by atoms with van der Waals surface area (Å²) in [4.78, 5) is 28.3. The van der Waals surface area contributed by atoms with E-state index in [0.29, 0.717) is 27.7 Å². The standard InChI is InChI=1S/C25H21ClN2O3/c1-15-8-12-18(13-9-15)27-23-22(19-6-4-5-7-21(19)31-3)24(29)28(25(23)30)20-14-17(26)11-10-16(20)2/h4-14,27H,1-3H3. The van der Waals surface area contributed by atoms with E-state index in [4.69, 9.17) is 16.3 Å². The molecule has 0 spiro atoms. The third-order valence-corrected chi connectivity index (χ3v) is 5.43. The molecule has 1 aliphatic heterocycles. The van der Waals surface area contributed by atoms with Crippen molar-refractivity contribution >= 4 is 40.4 Å². The highest BCUT2D eigenvalue weighted by molar-refractivity contribution is 6.46. The van der Waals surface area contributed by atoms with Crippen LogP contribution in [-0.4, -0.2) is 18.9 Å². The fourth-order valence-corrected chi connectivity index (χ4v) is 3.74.